The van der Waals surface area contributed by atoms with Crippen molar-refractivity contribution in [3.05, 3.63) is 35.9 Å². The van der Waals surface area contributed by atoms with Crippen LogP contribution in [0.2, 0.25) is 0 Å². The van der Waals surface area contributed by atoms with Gasteiger partial charge >= 0.3 is 0 Å². The van der Waals surface area contributed by atoms with Crippen molar-refractivity contribution in [3.63, 3.8) is 0 Å². The standard InChI is InChI=1S/C23H37N5O/c1-23(2,21(29)24-3)17-26-22(25-4)28-14-12-20-19(16-28)11-8-13-27(20)15-18-9-6-5-7-10-18/h5-7,9-10,19-20H,8,11-17H2,1-4H3,(H,24,29)(H,25,26). The first kappa shape index (κ1) is 21.6. The molecule has 0 aliphatic carbocycles. The van der Waals surface area contributed by atoms with E-state index < -0.39 is 5.41 Å². The number of fused-ring (bicyclic) bond motifs is 1. The smallest absolute Gasteiger partial charge is 0.227 e. The number of rotatable bonds is 5. The summed E-state index contributed by atoms with van der Waals surface area (Å²) in [5.74, 6) is 1.63. The number of benzene rings is 1. The summed E-state index contributed by atoms with van der Waals surface area (Å²) in [6, 6.07) is 11.5. The van der Waals surface area contributed by atoms with Crippen LogP contribution in [0.15, 0.2) is 35.3 Å². The predicted octanol–water partition coefficient (Wildman–Crippen LogP) is 2.32. The van der Waals surface area contributed by atoms with Gasteiger partial charge in [-0.2, -0.15) is 0 Å². The van der Waals surface area contributed by atoms with Crippen molar-refractivity contribution in [3.8, 4) is 0 Å². The fourth-order valence-electron chi connectivity index (χ4n) is 4.76. The van der Waals surface area contributed by atoms with Crippen molar-refractivity contribution in [2.45, 2.75) is 45.7 Å². The Hall–Kier alpha value is -2.08. The molecule has 2 aliphatic rings. The molecule has 1 aromatic rings. The number of aliphatic imine (C=N–C) groups is 1. The van der Waals surface area contributed by atoms with Crippen LogP contribution in [0.25, 0.3) is 0 Å². The number of carbonyl (C=O) groups excluding carboxylic acids is 1. The van der Waals surface area contributed by atoms with Gasteiger partial charge in [-0.05, 0) is 51.1 Å². The average molecular weight is 400 g/mol. The molecule has 1 aromatic carbocycles. The molecule has 6 nitrogen and oxygen atoms in total. The Labute approximate surface area is 175 Å². The lowest BCUT2D eigenvalue weighted by molar-refractivity contribution is -0.128. The summed E-state index contributed by atoms with van der Waals surface area (Å²) in [6.45, 7) is 8.78. The Bertz CT molecular complexity index is 702. The fourth-order valence-corrected chi connectivity index (χ4v) is 4.76. The molecule has 2 aliphatic heterocycles. The van der Waals surface area contributed by atoms with E-state index in [-0.39, 0.29) is 5.91 Å². The number of hydrogen-bond donors (Lipinski definition) is 2. The molecule has 160 valence electrons. The minimum atomic E-state index is -0.472. The molecule has 0 saturated carbocycles. The van der Waals surface area contributed by atoms with Crippen molar-refractivity contribution in [1.82, 2.24) is 20.4 Å². The molecule has 2 saturated heterocycles. The monoisotopic (exact) mass is 399 g/mol. The molecule has 6 heteroatoms. The number of hydrogen-bond acceptors (Lipinski definition) is 3. The van der Waals surface area contributed by atoms with Crippen LogP contribution < -0.4 is 10.6 Å². The average Bonchev–Trinajstić information content (AvgIpc) is 2.74. The van der Waals surface area contributed by atoms with Gasteiger partial charge in [0.2, 0.25) is 5.91 Å². The van der Waals surface area contributed by atoms with E-state index in [0.29, 0.717) is 18.5 Å². The third kappa shape index (κ3) is 5.30. The van der Waals surface area contributed by atoms with Crippen molar-refractivity contribution in [1.29, 1.82) is 0 Å². The van der Waals surface area contributed by atoms with Crippen LogP contribution in [0.3, 0.4) is 0 Å². The van der Waals surface area contributed by atoms with Crippen molar-refractivity contribution in [2.24, 2.45) is 16.3 Å². The highest BCUT2D eigenvalue weighted by Gasteiger charge is 2.37. The van der Waals surface area contributed by atoms with Crippen molar-refractivity contribution >= 4 is 11.9 Å². The minimum Gasteiger partial charge on any atom is -0.359 e. The van der Waals surface area contributed by atoms with Crippen LogP contribution in [0.4, 0.5) is 0 Å². The van der Waals surface area contributed by atoms with Gasteiger partial charge in [0.05, 0.1) is 5.41 Å². The number of carbonyl (C=O) groups is 1. The molecule has 0 radical (unpaired) electrons. The Balaban J connectivity index is 1.58. The summed E-state index contributed by atoms with van der Waals surface area (Å²) in [7, 11) is 3.53. The molecular weight excluding hydrogens is 362 g/mol. The molecule has 0 bridgehead atoms. The molecule has 2 fully saturated rings. The van der Waals surface area contributed by atoms with Crippen molar-refractivity contribution in [2.75, 3.05) is 40.3 Å². The zero-order valence-corrected chi connectivity index (χ0v) is 18.4. The van der Waals surface area contributed by atoms with E-state index >= 15 is 0 Å². The zero-order valence-electron chi connectivity index (χ0n) is 18.4. The highest BCUT2D eigenvalue weighted by Crippen LogP contribution is 2.31. The van der Waals surface area contributed by atoms with Gasteiger partial charge in [-0.3, -0.25) is 14.7 Å². The summed E-state index contributed by atoms with van der Waals surface area (Å²) >= 11 is 0. The first-order valence-corrected chi connectivity index (χ1v) is 10.9. The predicted molar refractivity (Wildman–Crippen MR) is 119 cm³/mol. The van der Waals surface area contributed by atoms with Gasteiger partial charge < -0.3 is 15.5 Å². The Morgan fingerprint density at radius 2 is 1.97 bits per heavy atom. The van der Waals surface area contributed by atoms with E-state index in [2.05, 4.69) is 55.8 Å². The summed E-state index contributed by atoms with van der Waals surface area (Å²) in [4.78, 5) is 21.7. The van der Waals surface area contributed by atoms with E-state index in [1.54, 1.807) is 7.05 Å². The number of nitrogens with zero attached hydrogens (tertiary/aromatic N) is 3. The number of likely N-dealkylation sites (tertiary alicyclic amines) is 2. The second-order valence-electron chi connectivity index (χ2n) is 9.02. The molecule has 0 spiro atoms. The SMILES string of the molecule is CN=C(NCC(C)(C)C(=O)NC)N1CCC2C(CCCN2Cc2ccccc2)C1. The topological polar surface area (TPSA) is 60.0 Å². The summed E-state index contributed by atoms with van der Waals surface area (Å²) in [5, 5.41) is 6.19. The Morgan fingerprint density at radius 3 is 2.66 bits per heavy atom. The second-order valence-corrected chi connectivity index (χ2v) is 9.02. The lowest BCUT2D eigenvalue weighted by Gasteiger charge is -2.48. The summed E-state index contributed by atoms with van der Waals surface area (Å²) in [5.41, 5.74) is 0.935. The van der Waals surface area contributed by atoms with Crippen molar-refractivity contribution < 1.29 is 4.79 Å². The maximum atomic E-state index is 12.1. The van der Waals surface area contributed by atoms with E-state index in [9.17, 15) is 4.79 Å². The molecule has 2 heterocycles. The Kier molecular flexibility index (Phi) is 7.17. The molecule has 2 N–H and O–H groups in total. The first-order valence-electron chi connectivity index (χ1n) is 10.9. The fraction of sp³-hybridized carbons (Fsp3) is 0.652. The minimum absolute atomic E-state index is 0.0444. The Morgan fingerprint density at radius 1 is 1.21 bits per heavy atom. The van der Waals surface area contributed by atoms with Gasteiger partial charge in [0, 0.05) is 46.3 Å². The first-order chi connectivity index (χ1) is 13.9. The van der Waals surface area contributed by atoms with Gasteiger partial charge in [-0.1, -0.05) is 30.3 Å². The maximum Gasteiger partial charge on any atom is 0.227 e. The number of guanidine groups is 1. The molecular formula is C23H37N5O. The van der Waals surface area contributed by atoms with E-state index in [1.165, 1.54) is 24.9 Å². The van der Waals surface area contributed by atoms with Gasteiger partial charge in [-0.15, -0.1) is 0 Å². The molecule has 29 heavy (non-hydrogen) atoms. The lowest BCUT2D eigenvalue weighted by Crippen LogP contribution is -2.57. The third-order valence-corrected chi connectivity index (χ3v) is 6.45. The number of amides is 1. The quantitative estimate of drug-likeness (QED) is 0.589. The largest absolute Gasteiger partial charge is 0.359 e. The van der Waals surface area contributed by atoms with Gasteiger partial charge in [0.25, 0.3) is 0 Å². The number of piperidine rings is 2. The van der Waals surface area contributed by atoms with Gasteiger partial charge in [0.1, 0.15) is 0 Å². The van der Waals surface area contributed by atoms with Crippen LogP contribution in [-0.4, -0.2) is 68.0 Å². The van der Waals surface area contributed by atoms with Crippen LogP contribution in [-0.2, 0) is 11.3 Å². The lowest BCUT2D eigenvalue weighted by atomic mass is 9.83. The second kappa shape index (κ2) is 9.61. The van der Waals surface area contributed by atoms with Crippen LogP contribution >= 0.6 is 0 Å². The molecule has 0 aromatic heterocycles. The maximum absolute atomic E-state index is 12.1. The highest BCUT2D eigenvalue weighted by molar-refractivity contribution is 5.84. The van der Waals surface area contributed by atoms with Crippen LogP contribution in [0.1, 0.15) is 38.7 Å². The normalized spacial score (nSPS) is 23.4. The van der Waals surface area contributed by atoms with Crippen LogP contribution in [0, 0.1) is 11.3 Å². The highest BCUT2D eigenvalue weighted by atomic mass is 16.2. The van der Waals surface area contributed by atoms with E-state index in [4.69, 9.17) is 0 Å². The molecule has 2 atom stereocenters. The van der Waals surface area contributed by atoms with E-state index in [1.807, 2.05) is 20.9 Å². The molecule has 1 amide bonds. The van der Waals surface area contributed by atoms with Crippen LogP contribution in [0.5, 0.6) is 0 Å². The molecule has 2 unspecified atom stereocenters. The summed E-state index contributed by atoms with van der Waals surface area (Å²) in [6.07, 6.45) is 3.71. The molecule has 3 rings (SSSR count). The summed E-state index contributed by atoms with van der Waals surface area (Å²) < 4.78 is 0. The van der Waals surface area contributed by atoms with Gasteiger partial charge in [0.15, 0.2) is 5.96 Å². The van der Waals surface area contributed by atoms with E-state index in [0.717, 1.165) is 32.0 Å². The zero-order chi connectivity index (χ0) is 20.9. The van der Waals surface area contributed by atoms with Gasteiger partial charge in [-0.25, -0.2) is 0 Å². The number of nitrogens with one attached hydrogen (secondary N) is 2. The third-order valence-electron chi connectivity index (χ3n) is 6.45.